The summed E-state index contributed by atoms with van der Waals surface area (Å²) in [5.41, 5.74) is 2.11. The molecule has 0 atom stereocenters. The van der Waals surface area contributed by atoms with Crippen LogP contribution in [0.15, 0.2) is 51.4 Å². The van der Waals surface area contributed by atoms with Crippen molar-refractivity contribution in [1.29, 1.82) is 0 Å². The third kappa shape index (κ3) is 3.57. The molecule has 2 aromatic rings. The highest BCUT2D eigenvalue weighted by molar-refractivity contribution is 9.10. The molecule has 2 nitrogen and oxygen atoms in total. The molecule has 0 bridgehead atoms. The molecule has 0 spiro atoms. The van der Waals surface area contributed by atoms with E-state index in [2.05, 4.69) is 49.3 Å². The number of halogens is 2. The van der Waals surface area contributed by atoms with Crippen LogP contribution in [0.3, 0.4) is 0 Å². The molecule has 2 N–H and O–H groups in total. The molecule has 0 aliphatic heterocycles. The van der Waals surface area contributed by atoms with Crippen LogP contribution in [0.1, 0.15) is 11.1 Å². The third-order valence-electron chi connectivity index (χ3n) is 2.63. The Morgan fingerprint density at radius 3 is 2.39 bits per heavy atom. The summed E-state index contributed by atoms with van der Waals surface area (Å²) in [6.45, 7) is 1.42. The van der Waals surface area contributed by atoms with Crippen molar-refractivity contribution in [2.75, 3.05) is 0 Å². The first-order chi connectivity index (χ1) is 8.66. The summed E-state index contributed by atoms with van der Waals surface area (Å²) in [5, 5.41) is 13.1. The van der Waals surface area contributed by atoms with E-state index < -0.39 is 0 Å². The molecule has 0 amide bonds. The summed E-state index contributed by atoms with van der Waals surface area (Å²) in [6, 6.07) is 13.8. The van der Waals surface area contributed by atoms with Crippen molar-refractivity contribution in [2.45, 2.75) is 13.1 Å². The van der Waals surface area contributed by atoms with E-state index in [1.807, 2.05) is 30.3 Å². The molecular formula is C14H13Br2NO. The van der Waals surface area contributed by atoms with Gasteiger partial charge in [-0.2, -0.15) is 0 Å². The van der Waals surface area contributed by atoms with E-state index in [-0.39, 0.29) is 0 Å². The minimum atomic E-state index is 0.306. The maximum absolute atomic E-state index is 9.84. The Labute approximate surface area is 123 Å². The molecule has 0 aromatic heterocycles. The van der Waals surface area contributed by atoms with Crippen LogP contribution < -0.4 is 5.32 Å². The molecule has 0 saturated heterocycles. The zero-order valence-electron chi connectivity index (χ0n) is 9.66. The van der Waals surface area contributed by atoms with Crippen LogP contribution in [0.25, 0.3) is 0 Å². The predicted molar refractivity (Wildman–Crippen MR) is 80.5 cm³/mol. The van der Waals surface area contributed by atoms with Crippen molar-refractivity contribution < 1.29 is 5.11 Å². The number of para-hydroxylation sites is 1. The van der Waals surface area contributed by atoms with Gasteiger partial charge in [-0.15, -0.1) is 0 Å². The number of aromatic hydroxyl groups is 1. The number of rotatable bonds is 4. The summed E-state index contributed by atoms with van der Waals surface area (Å²) in [5.74, 6) is 0.306. The van der Waals surface area contributed by atoms with Crippen LogP contribution in [-0.2, 0) is 13.1 Å². The summed E-state index contributed by atoms with van der Waals surface area (Å²) in [6.07, 6.45) is 0. The van der Waals surface area contributed by atoms with Crippen molar-refractivity contribution in [2.24, 2.45) is 0 Å². The Morgan fingerprint density at radius 1 is 0.944 bits per heavy atom. The van der Waals surface area contributed by atoms with Gasteiger partial charge in [0.25, 0.3) is 0 Å². The molecule has 0 heterocycles. The average molecular weight is 371 g/mol. The van der Waals surface area contributed by atoms with Gasteiger partial charge in [-0.05, 0) is 39.7 Å². The van der Waals surface area contributed by atoms with Crippen LogP contribution in [0.2, 0.25) is 0 Å². The van der Waals surface area contributed by atoms with Crippen LogP contribution in [-0.4, -0.2) is 5.11 Å². The number of phenolic OH excluding ortho intramolecular Hbond substituents is 1. The monoisotopic (exact) mass is 369 g/mol. The lowest BCUT2D eigenvalue weighted by atomic mass is 10.2. The van der Waals surface area contributed by atoms with E-state index in [0.717, 1.165) is 21.1 Å². The number of phenols is 1. The molecule has 0 saturated carbocycles. The van der Waals surface area contributed by atoms with E-state index in [4.69, 9.17) is 0 Å². The van der Waals surface area contributed by atoms with Crippen molar-refractivity contribution in [3.63, 3.8) is 0 Å². The van der Waals surface area contributed by atoms with Gasteiger partial charge in [-0.3, -0.25) is 0 Å². The Hall–Kier alpha value is -0.840. The summed E-state index contributed by atoms with van der Waals surface area (Å²) in [7, 11) is 0. The van der Waals surface area contributed by atoms with E-state index >= 15 is 0 Å². The molecule has 94 valence electrons. The highest BCUT2D eigenvalue weighted by atomic mass is 79.9. The minimum absolute atomic E-state index is 0.306. The first kappa shape index (κ1) is 13.6. The molecule has 0 aliphatic carbocycles. The molecule has 18 heavy (non-hydrogen) atoms. The van der Waals surface area contributed by atoms with Gasteiger partial charge in [0, 0.05) is 23.1 Å². The smallest absolute Gasteiger partial charge is 0.134 e. The van der Waals surface area contributed by atoms with Crippen LogP contribution in [0.5, 0.6) is 5.75 Å². The normalized spacial score (nSPS) is 10.6. The maximum Gasteiger partial charge on any atom is 0.134 e. The van der Waals surface area contributed by atoms with E-state index in [9.17, 15) is 5.11 Å². The number of hydrogen-bond donors (Lipinski definition) is 2. The summed E-state index contributed by atoms with van der Waals surface area (Å²) in [4.78, 5) is 0. The van der Waals surface area contributed by atoms with Crippen molar-refractivity contribution in [3.8, 4) is 5.75 Å². The topological polar surface area (TPSA) is 32.3 Å². The summed E-state index contributed by atoms with van der Waals surface area (Å²) >= 11 is 6.72. The van der Waals surface area contributed by atoms with Gasteiger partial charge in [0.2, 0.25) is 0 Å². The fourth-order valence-corrected chi connectivity index (χ4v) is 2.32. The zero-order chi connectivity index (χ0) is 13.0. The molecule has 0 unspecified atom stereocenters. The van der Waals surface area contributed by atoms with Gasteiger partial charge in [0.1, 0.15) is 5.75 Å². The second kappa shape index (κ2) is 6.36. The molecule has 2 aromatic carbocycles. The largest absolute Gasteiger partial charge is 0.506 e. The Kier molecular flexibility index (Phi) is 4.80. The Bertz CT molecular complexity index is 526. The maximum atomic E-state index is 9.84. The van der Waals surface area contributed by atoms with Gasteiger partial charge in [-0.25, -0.2) is 0 Å². The van der Waals surface area contributed by atoms with Crippen molar-refractivity contribution >= 4 is 31.9 Å². The van der Waals surface area contributed by atoms with Gasteiger partial charge >= 0.3 is 0 Å². The second-order valence-electron chi connectivity index (χ2n) is 3.98. The molecule has 0 radical (unpaired) electrons. The van der Waals surface area contributed by atoms with Gasteiger partial charge in [-0.1, -0.05) is 40.2 Å². The van der Waals surface area contributed by atoms with E-state index in [1.165, 1.54) is 5.56 Å². The van der Waals surface area contributed by atoms with E-state index in [1.54, 1.807) is 0 Å². The zero-order valence-corrected chi connectivity index (χ0v) is 12.8. The van der Waals surface area contributed by atoms with Crippen molar-refractivity contribution in [1.82, 2.24) is 5.32 Å². The molecular weight excluding hydrogens is 358 g/mol. The van der Waals surface area contributed by atoms with Gasteiger partial charge in [0.15, 0.2) is 0 Å². The number of hydrogen-bond acceptors (Lipinski definition) is 2. The third-order valence-corrected chi connectivity index (χ3v) is 3.80. The lowest BCUT2D eigenvalue weighted by Crippen LogP contribution is -2.12. The lowest BCUT2D eigenvalue weighted by Gasteiger charge is -2.08. The average Bonchev–Trinajstić information content (AvgIpc) is 2.37. The molecule has 2 rings (SSSR count). The van der Waals surface area contributed by atoms with Gasteiger partial charge < -0.3 is 10.4 Å². The highest BCUT2D eigenvalue weighted by Gasteiger charge is 2.03. The van der Waals surface area contributed by atoms with Gasteiger partial charge in [0.05, 0.1) is 4.47 Å². The molecule has 0 aliphatic rings. The lowest BCUT2D eigenvalue weighted by molar-refractivity contribution is 0.461. The van der Waals surface area contributed by atoms with Crippen molar-refractivity contribution in [3.05, 3.63) is 62.5 Å². The number of nitrogens with one attached hydrogen (secondary N) is 1. The van der Waals surface area contributed by atoms with Crippen LogP contribution >= 0.6 is 31.9 Å². The Balaban J connectivity index is 1.92. The number of benzene rings is 2. The minimum Gasteiger partial charge on any atom is -0.506 e. The second-order valence-corrected chi connectivity index (χ2v) is 5.75. The SMILES string of the molecule is Oc1c(Br)cccc1CNCc1ccc(Br)cc1. The van der Waals surface area contributed by atoms with Crippen LogP contribution in [0, 0.1) is 0 Å². The highest BCUT2D eigenvalue weighted by Crippen LogP contribution is 2.27. The van der Waals surface area contributed by atoms with Crippen LogP contribution in [0.4, 0.5) is 0 Å². The quantitative estimate of drug-likeness (QED) is 0.844. The summed E-state index contributed by atoms with van der Waals surface area (Å²) < 4.78 is 1.81. The molecule has 0 fully saturated rings. The van der Waals surface area contributed by atoms with E-state index in [0.29, 0.717) is 12.3 Å². The molecule has 4 heteroatoms. The fraction of sp³-hybridized carbons (Fsp3) is 0.143. The first-order valence-electron chi connectivity index (χ1n) is 5.58. The fourth-order valence-electron chi connectivity index (χ4n) is 1.65. The first-order valence-corrected chi connectivity index (χ1v) is 7.17. The standard InChI is InChI=1S/C14H13Br2NO/c15-12-6-4-10(5-7-12)8-17-9-11-2-1-3-13(16)14(11)18/h1-7,17-18H,8-9H2. The Morgan fingerprint density at radius 2 is 1.67 bits per heavy atom. The predicted octanol–water partition coefficient (Wildman–Crippen LogP) is 4.21.